The normalized spacial score (nSPS) is 12.1. The quantitative estimate of drug-likeness (QED) is 0.251. The first kappa shape index (κ1) is 25.1. The number of aromatic nitrogens is 2. The fourth-order valence-corrected chi connectivity index (χ4v) is 5.32. The Balaban J connectivity index is 1.52. The minimum absolute atomic E-state index is 0.00408. The van der Waals surface area contributed by atoms with Crippen LogP contribution in [0, 0.1) is 6.92 Å². The number of amides is 2. The Morgan fingerprint density at radius 3 is 2.57 bits per heavy atom. The van der Waals surface area contributed by atoms with E-state index in [4.69, 9.17) is 4.52 Å². The molecule has 7 nitrogen and oxygen atoms in total. The third-order valence-corrected chi connectivity index (χ3v) is 7.62. The fourth-order valence-electron chi connectivity index (χ4n) is 3.08. The number of hydrogen-bond donors (Lipinski definition) is 1. The number of thiazole rings is 1. The van der Waals surface area contributed by atoms with E-state index >= 15 is 0 Å². The van der Waals surface area contributed by atoms with Crippen LogP contribution in [-0.4, -0.2) is 38.7 Å². The highest BCUT2D eigenvalue weighted by Gasteiger charge is 2.24. The van der Waals surface area contributed by atoms with Gasteiger partial charge in [0.05, 0.1) is 26.9 Å². The highest BCUT2D eigenvalue weighted by molar-refractivity contribution is 8.01. The van der Waals surface area contributed by atoms with E-state index in [1.165, 1.54) is 28.0 Å². The molecule has 2 heterocycles. The van der Waals surface area contributed by atoms with Crippen LogP contribution >= 0.6 is 34.9 Å². The van der Waals surface area contributed by atoms with Crippen LogP contribution in [0.3, 0.4) is 0 Å². The summed E-state index contributed by atoms with van der Waals surface area (Å²) in [5.74, 6) is -2.26. The van der Waals surface area contributed by atoms with Crippen LogP contribution in [0.4, 0.5) is 25.4 Å². The molecule has 1 N–H and O–H groups in total. The van der Waals surface area contributed by atoms with Crippen molar-refractivity contribution < 1.29 is 22.9 Å². The number of thioether (sulfide) groups is 2. The molecule has 0 saturated heterocycles. The Hall–Kier alpha value is -2.96. The second kappa shape index (κ2) is 11.2. The number of aryl methyl sites for hydroxylation is 1. The lowest BCUT2D eigenvalue weighted by molar-refractivity contribution is -0.115. The summed E-state index contributed by atoms with van der Waals surface area (Å²) in [4.78, 5) is 32.3. The minimum Gasteiger partial charge on any atom is -0.360 e. The Labute approximate surface area is 212 Å². The molecule has 0 radical (unpaired) electrons. The Morgan fingerprint density at radius 2 is 1.91 bits per heavy atom. The predicted octanol–water partition coefficient (Wildman–Crippen LogP) is 6.33. The monoisotopic (exact) mass is 534 g/mol. The zero-order valence-electron chi connectivity index (χ0n) is 18.6. The number of carbonyl (C=O) groups excluding carboxylic acids is 2. The van der Waals surface area contributed by atoms with Gasteiger partial charge in [0.25, 0.3) is 5.76 Å². The minimum atomic E-state index is -2.53. The van der Waals surface area contributed by atoms with Crippen molar-refractivity contribution in [1.82, 2.24) is 10.1 Å². The molecule has 2 amide bonds. The summed E-state index contributed by atoms with van der Waals surface area (Å²) in [6.07, 6.45) is 0. The van der Waals surface area contributed by atoms with Gasteiger partial charge in [-0.05, 0) is 50.2 Å². The number of hydrogen-bond acceptors (Lipinski definition) is 8. The number of alkyl halides is 2. The molecule has 0 aliphatic heterocycles. The van der Waals surface area contributed by atoms with E-state index in [0.29, 0.717) is 39.1 Å². The van der Waals surface area contributed by atoms with Crippen molar-refractivity contribution in [2.45, 2.75) is 29.8 Å². The number of rotatable bonds is 9. The Morgan fingerprint density at radius 1 is 1.17 bits per heavy atom. The zero-order valence-corrected chi connectivity index (χ0v) is 21.1. The van der Waals surface area contributed by atoms with E-state index in [0.717, 1.165) is 10.2 Å². The van der Waals surface area contributed by atoms with Gasteiger partial charge in [0.2, 0.25) is 11.8 Å². The first-order chi connectivity index (χ1) is 16.8. The third kappa shape index (κ3) is 6.38. The molecule has 2 aromatic heterocycles. The average molecular weight is 535 g/mol. The van der Waals surface area contributed by atoms with Gasteiger partial charge in [-0.3, -0.25) is 14.5 Å². The van der Waals surface area contributed by atoms with Crippen LogP contribution in [0.1, 0.15) is 12.7 Å². The van der Waals surface area contributed by atoms with Gasteiger partial charge >= 0.3 is 0 Å². The lowest BCUT2D eigenvalue weighted by Gasteiger charge is -2.21. The fraction of sp³-hybridized carbons (Fsp3) is 0.217. The first-order valence-electron chi connectivity index (χ1n) is 10.4. The number of anilines is 3. The van der Waals surface area contributed by atoms with Gasteiger partial charge in [0.1, 0.15) is 5.76 Å². The number of carbonyl (C=O) groups is 2. The van der Waals surface area contributed by atoms with Crippen LogP contribution in [0.15, 0.2) is 64.0 Å². The second-order valence-corrected chi connectivity index (χ2v) is 10.7. The molecule has 0 unspecified atom stereocenters. The molecular weight excluding hydrogens is 514 g/mol. The summed E-state index contributed by atoms with van der Waals surface area (Å²) in [7, 11) is 0. The number of benzene rings is 2. The summed E-state index contributed by atoms with van der Waals surface area (Å²) in [6.45, 7) is 3.41. The van der Waals surface area contributed by atoms with E-state index in [1.54, 1.807) is 44.2 Å². The number of para-hydroxylation sites is 1. The summed E-state index contributed by atoms with van der Waals surface area (Å²) in [5, 5.41) is 6.31. The third-order valence-electron chi connectivity index (χ3n) is 4.75. The van der Waals surface area contributed by atoms with Gasteiger partial charge in [0, 0.05) is 11.0 Å². The molecule has 4 rings (SSSR count). The molecule has 0 aliphatic carbocycles. The van der Waals surface area contributed by atoms with Gasteiger partial charge in [-0.2, -0.15) is 8.78 Å². The summed E-state index contributed by atoms with van der Waals surface area (Å²) < 4.78 is 31.3. The number of nitrogens with one attached hydrogen (secondary N) is 1. The molecule has 0 bridgehead atoms. The number of fused-ring (bicyclic) bond motifs is 1. The summed E-state index contributed by atoms with van der Waals surface area (Å²) in [5.41, 5.74) is 1.25. The van der Waals surface area contributed by atoms with Crippen molar-refractivity contribution in [3.05, 3.63) is 60.4 Å². The molecule has 4 aromatic rings. The summed E-state index contributed by atoms with van der Waals surface area (Å²) >= 11 is 2.95. The molecule has 0 fully saturated rings. The molecule has 12 heteroatoms. The van der Waals surface area contributed by atoms with E-state index in [2.05, 4.69) is 15.5 Å². The van der Waals surface area contributed by atoms with Crippen molar-refractivity contribution in [2.75, 3.05) is 16.0 Å². The molecular formula is C23H20F2N4O3S3. The van der Waals surface area contributed by atoms with E-state index in [-0.39, 0.29) is 17.6 Å². The smallest absolute Gasteiger partial charge is 0.288 e. The van der Waals surface area contributed by atoms with E-state index in [9.17, 15) is 18.4 Å². The van der Waals surface area contributed by atoms with Gasteiger partial charge < -0.3 is 9.84 Å². The lowest BCUT2D eigenvalue weighted by atomic mass is 10.3. The van der Waals surface area contributed by atoms with Crippen LogP contribution in [0.5, 0.6) is 0 Å². The topological polar surface area (TPSA) is 88.3 Å². The van der Waals surface area contributed by atoms with Crippen LogP contribution in [-0.2, 0) is 9.59 Å². The molecule has 1 atom stereocenters. The standard InChI is InChI=1S/C23H20F2N4O3S3/c1-13-11-19(28-32-13)27-21(31)14(2)33-12-20(30)29(15-7-9-16(10-8-15)34-22(24)25)23-26-17-5-3-4-6-18(17)35-23/h3-11,14,22H,12H2,1-2H3,(H,27,28,31)/t14-/m0/s1. The van der Waals surface area contributed by atoms with Gasteiger partial charge in [0.15, 0.2) is 10.9 Å². The van der Waals surface area contributed by atoms with E-state index < -0.39 is 11.0 Å². The Bertz CT molecular complexity index is 1290. The highest BCUT2D eigenvalue weighted by atomic mass is 32.2. The lowest BCUT2D eigenvalue weighted by Crippen LogP contribution is -2.30. The average Bonchev–Trinajstić information content (AvgIpc) is 3.43. The SMILES string of the molecule is Cc1cc(NC(=O)[C@H](C)SCC(=O)N(c2ccc(SC(F)F)cc2)c2nc3ccccc3s2)no1. The summed E-state index contributed by atoms with van der Waals surface area (Å²) in [6, 6.07) is 15.4. The zero-order chi connectivity index (χ0) is 24.9. The second-order valence-electron chi connectivity index (χ2n) is 7.33. The van der Waals surface area contributed by atoms with Crippen molar-refractivity contribution >= 4 is 73.5 Å². The maximum Gasteiger partial charge on any atom is 0.288 e. The van der Waals surface area contributed by atoms with Gasteiger partial charge in [-0.25, -0.2) is 4.98 Å². The van der Waals surface area contributed by atoms with Crippen molar-refractivity contribution in [1.29, 1.82) is 0 Å². The van der Waals surface area contributed by atoms with Gasteiger partial charge in [-0.1, -0.05) is 40.4 Å². The molecule has 35 heavy (non-hydrogen) atoms. The number of nitrogens with zero attached hydrogens (tertiary/aromatic N) is 3. The first-order valence-corrected chi connectivity index (χ1v) is 13.1. The van der Waals surface area contributed by atoms with Crippen molar-refractivity contribution in [2.24, 2.45) is 0 Å². The predicted molar refractivity (Wildman–Crippen MR) is 137 cm³/mol. The highest BCUT2D eigenvalue weighted by Crippen LogP contribution is 2.35. The van der Waals surface area contributed by atoms with Gasteiger partial charge in [-0.15, -0.1) is 11.8 Å². The molecule has 182 valence electrons. The largest absolute Gasteiger partial charge is 0.360 e. The molecule has 0 spiro atoms. The Kier molecular flexibility index (Phi) is 8.04. The van der Waals surface area contributed by atoms with Crippen LogP contribution < -0.4 is 10.2 Å². The maximum absolute atomic E-state index is 13.4. The van der Waals surface area contributed by atoms with Crippen molar-refractivity contribution in [3.8, 4) is 0 Å². The molecule has 0 saturated carbocycles. The maximum atomic E-state index is 13.4. The van der Waals surface area contributed by atoms with Crippen LogP contribution in [0.2, 0.25) is 0 Å². The van der Waals surface area contributed by atoms with Crippen LogP contribution in [0.25, 0.3) is 10.2 Å². The molecule has 2 aromatic carbocycles. The number of halogens is 2. The van der Waals surface area contributed by atoms with Crippen molar-refractivity contribution in [3.63, 3.8) is 0 Å². The van der Waals surface area contributed by atoms with E-state index in [1.807, 2.05) is 24.3 Å². The molecule has 0 aliphatic rings.